The Morgan fingerprint density at radius 3 is 2.38 bits per heavy atom. The molecule has 0 aliphatic rings. The molecule has 0 fully saturated rings. The number of methoxy groups -OCH3 is 2. The minimum atomic E-state index is 0.0683. The summed E-state index contributed by atoms with van der Waals surface area (Å²) in [7, 11) is 3.18. The Morgan fingerprint density at radius 2 is 1.66 bits per heavy atom. The number of aromatic nitrogens is 2. The molecule has 0 saturated heterocycles. The predicted molar refractivity (Wildman–Crippen MR) is 126 cm³/mol. The Bertz CT molecular complexity index is 1230. The third-order valence-corrected chi connectivity index (χ3v) is 5.48. The van der Waals surface area contributed by atoms with Gasteiger partial charge in [0.15, 0.2) is 11.5 Å². The van der Waals surface area contributed by atoms with Gasteiger partial charge in [0.05, 0.1) is 19.9 Å². The average Bonchev–Trinajstić information content (AvgIpc) is 2.83. The maximum Gasteiger partial charge on any atom is 0.161 e. The summed E-state index contributed by atoms with van der Waals surface area (Å²) in [6.45, 7) is 0.399. The number of ether oxygens (including phenoxy) is 3. The molecule has 1 N–H and O–H groups in total. The molecule has 0 bridgehead atoms. The number of nitrogens with zero attached hydrogens (tertiary/aromatic N) is 2. The van der Waals surface area contributed by atoms with Crippen LogP contribution in [0.3, 0.4) is 0 Å². The molecule has 0 aliphatic heterocycles. The summed E-state index contributed by atoms with van der Waals surface area (Å²) in [6, 6.07) is 18.7. The van der Waals surface area contributed by atoms with Crippen LogP contribution in [0.5, 0.6) is 23.0 Å². The third-order valence-electron chi connectivity index (χ3n) is 4.95. The maximum absolute atomic E-state index is 10.7. The van der Waals surface area contributed by atoms with Crippen LogP contribution in [-0.4, -0.2) is 29.3 Å². The zero-order chi connectivity index (χ0) is 22.5. The Kier molecular flexibility index (Phi) is 6.56. The molecule has 1 aromatic heterocycles. The van der Waals surface area contributed by atoms with E-state index in [2.05, 4.69) is 25.9 Å². The molecule has 162 valence electrons. The number of rotatable bonds is 7. The second-order valence-corrected chi connectivity index (χ2v) is 7.86. The Hall–Kier alpha value is -3.58. The van der Waals surface area contributed by atoms with Crippen LogP contribution in [0.1, 0.15) is 5.56 Å². The molecule has 4 rings (SSSR count). The molecule has 1 heterocycles. The van der Waals surface area contributed by atoms with Gasteiger partial charge in [-0.05, 0) is 47.5 Å². The van der Waals surface area contributed by atoms with E-state index in [9.17, 15) is 5.11 Å². The Morgan fingerprint density at radius 1 is 0.875 bits per heavy atom. The topological polar surface area (TPSA) is 73.7 Å². The van der Waals surface area contributed by atoms with E-state index in [0.717, 1.165) is 21.2 Å². The van der Waals surface area contributed by atoms with Crippen molar-refractivity contribution >= 4 is 15.9 Å². The molecule has 4 aromatic rings. The first-order valence-electron chi connectivity index (χ1n) is 9.82. The van der Waals surface area contributed by atoms with Crippen molar-refractivity contribution < 1.29 is 19.3 Å². The second kappa shape index (κ2) is 9.70. The minimum absolute atomic E-state index is 0.0683. The molecular weight excluding hydrogens is 472 g/mol. The highest BCUT2D eigenvalue weighted by Crippen LogP contribution is 2.39. The first kappa shape index (κ1) is 21.6. The molecule has 3 aromatic carbocycles. The minimum Gasteiger partial charge on any atom is -0.507 e. The lowest BCUT2D eigenvalue weighted by Crippen LogP contribution is -1.96. The van der Waals surface area contributed by atoms with Gasteiger partial charge in [-0.25, -0.2) is 9.97 Å². The van der Waals surface area contributed by atoms with Gasteiger partial charge in [0.25, 0.3) is 0 Å². The van der Waals surface area contributed by atoms with Crippen molar-refractivity contribution in [2.24, 2.45) is 0 Å². The van der Waals surface area contributed by atoms with E-state index in [0.29, 0.717) is 35.1 Å². The number of aromatic hydroxyl groups is 1. The normalized spacial score (nSPS) is 10.6. The highest BCUT2D eigenvalue weighted by Gasteiger charge is 2.15. The molecule has 0 spiro atoms. The fourth-order valence-corrected chi connectivity index (χ4v) is 3.57. The van der Waals surface area contributed by atoms with Crippen LogP contribution in [-0.2, 0) is 6.61 Å². The fraction of sp³-hybridized carbons (Fsp3) is 0.120. The molecule has 6 nitrogen and oxygen atoms in total. The lowest BCUT2D eigenvalue weighted by atomic mass is 9.99. The van der Waals surface area contributed by atoms with Gasteiger partial charge in [0.1, 0.15) is 24.4 Å². The summed E-state index contributed by atoms with van der Waals surface area (Å²) >= 11 is 3.42. The van der Waals surface area contributed by atoms with Crippen LogP contribution >= 0.6 is 15.9 Å². The maximum atomic E-state index is 10.7. The summed E-state index contributed by atoms with van der Waals surface area (Å²) < 4.78 is 17.6. The highest BCUT2D eigenvalue weighted by atomic mass is 79.9. The quantitative estimate of drug-likeness (QED) is 0.347. The van der Waals surface area contributed by atoms with Crippen molar-refractivity contribution in [3.8, 4) is 45.4 Å². The smallest absolute Gasteiger partial charge is 0.161 e. The molecule has 7 heteroatoms. The zero-order valence-electron chi connectivity index (χ0n) is 17.6. The number of benzene rings is 3. The van der Waals surface area contributed by atoms with Crippen LogP contribution in [0.25, 0.3) is 22.4 Å². The average molecular weight is 493 g/mol. The van der Waals surface area contributed by atoms with Gasteiger partial charge in [-0.2, -0.15) is 0 Å². The summed E-state index contributed by atoms with van der Waals surface area (Å²) in [4.78, 5) is 8.60. The van der Waals surface area contributed by atoms with Crippen LogP contribution in [0.2, 0.25) is 0 Å². The van der Waals surface area contributed by atoms with E-state index < -0.39 is 0 Å². The molecule has 0 amide bonds. The third kappa shape index (κ3) is 4.68. The van der Waals surface area contributed by atoms with E-state index >= 15 is 0 Å². The summed E-state index contributed by atoms with van der Waals surface area (Å²) in [6.07, 6.45) is 3.16. The van der Waals surface area contributed by atoms with Gasteiger partial charge in [-0.3, -0.25) is 0 Å². The van der Waals surface area contributed by atoms with E-state index in [4.69, 9.17) is 14.2 Å². The van der Waals surface area contributed by atoms with Gasteiger partial charge in [0, 0.05) is 27.9 Å². The molecule has 0 saturated carbocycles. The molecule has 0 atom stereocenters. The van der Waals surface area contributed by atoms with Crippen molar-refractivity contribution in [1.29, 1.82) is 0 Å². The largest absolute Gasteiger partial charge is 0.507 e. The van der Waals surface area contributed by atoms with Crippen LogP contribution < -0.4 is 14.2 Å². The van der Waals surface area contributed by atoms with Crippen molar-refractivity contribution in [3.63, 3.8) is 0 Å². The monoisotopic (exact) mass is 492 g/mol. The van der Waals surface area contributed by atoms with Crippen molar-refractivity contribution in [1.82, 2.24) is 9.97 Å². The van der Waals surface area contributed by atoms with Crippen molar-refractivity contribution in [2.45, 2.75) is 6.61 Å². The van der Waals surface area contributed by atoms with Crippen LogP contribution in [0, 0.1) is 0 Å². The predicted octanol–water partition coefficient (Wildman–Crippen LogP) is 5.87. The van der Waals surface area contributed by atoms with Gasteiger partial charge < -0.3 is 19.3 Å². The Balaban J connectivity index is 1.62. The number of hydrogen-bond acceptors (Lipinski definition) is 6. The summed E-state index contributed by atoms with van der Waals surface area (Å²) in [5, 5.41) is 10.7. The summed E-state index contributed by atoms with van der Waals surface area (Å²) in [5.41, 5.74) is 3.81. The number of hydrogen-bond donors (Lipinski definition) is 1. The standard InChI is InChI=1S/C25H21BrN2O4/c1-30-23-10-5-17(11-24(23)31-2)21-13-27-15-28-25(21)20-9-8-19(12-22(20)29)32-14-16-3-6-18(26)7-4-16/h3-13,15,29H,14H2,1-2H3. The van der Waals surface area contributed by atoms with Gasteiger partial charge >= 0.3 is 0 Å². The van der Waals surface area contributed by atoms with Crippen molar-refractivity contribution in [3.05, 3.63) is 83.2 Å². The first-order valence-corrected chi connectivity index (χ1v) is 10.6. The lowest BCUT2D eigenvalue weighted by molar-refractivity contribution is 0.304. The van der Waals surface area contributed by atoms with Crippen LogP contribution in [0.4, 0.5) is 0 Å². The zero-order valence-corrected chi connectivity index (χ0v) is 19.2. The highest BCUT2D eigenvalue weighted by molar-refractivity contribution is 9.10. The summed E-state index contributed by atoms with van der Waals surface area (Å²) in [5.74, 6) is 1.86. The Labute approximate surface area is 194 Å². The molecule has 32 heavy (non-hydrogen) atoms. The van der Waals surface area contributed by atoms with Gasteiger partial charge in [0.2, 0.25) is 0 Å². The molecule has 0 unspecified atom stereocenters. The van der Waals surface area contributed by atoms with Crippen LogP contribution in [0.15, 0.2) is 77.7 Å². The van der Waals surface area contributed by atoms with E-state index in [1.165, 1.54) is 6.33 Å². The van der Waals surface area contributed by atoms with Crippen molar-refractivity contribution in [2.75, 3.05) is 14.2 Å². The van der Waals surface area contributed by atoms with E-state index in [1.807, 2.05) is 48.5 Å². The SMILES string of the molecule is COc1ccc(-c2cncnc2-c2ccc(OCc3ccc(Br)cc3)cc2O)cc1OC. The first-order chi connectivity index (χ1) is 15.6. The molecule has 0 radical (unpaired) electrons. The fourth-order valence-electron chi connectivity index (χ4n) is 3.31. The second-order valence-electron chi connectivity index (χ2n) is 6.95. The lowest BCUT2D eigenvalue weighted by Gasteiger charge is -2.13. The van der Waals surface area contributed by atoms with Gasteiger partial charge in [-0.15, -0.1) is 0 Å². The van der Waals surface area contributed by atoms with E-state index in [1.54, 1.807) is 32.5 Å². The number of phenols is 1. The molecule has 0 aliphatic carbocycles. The number of phenolic OH excluding ortho intramolecular Hbond substituents is 1. The molecular formula is C25H21BrN2O4. The van der Waals surface area contributed by atoms with E-state index in [-0.39, 0.29) is 5.75 Å². The number of halogens is 1. The van der Waals surface area contributed by atoms with Gasteiger partial charge in [-0.1, -0.05) is 34.1 Å².